The predicted octanol–water partition coefficient (Wildman–Crippen LogP) is 2.56. The standard InChI is InChI=1S/C16H23N3OS/c1-5-12-6-8-13(9-7-12)10-11-14(20)18-19-15(21)17-16(2,3)4/h6-11H,5H2,1-4H3,(H,18,20)(H2,17,19,21)/b11-10+. The molecule has 4 nitrogen and oxygen atoms in total. The number of nitrogens with one attached hydrogen (secondary N) is 3. The molecule has 0 aliphatic heterocycles. The normalized spacial score (nSPS) is 11.2. The van der Waals surface area contributed by atoms with Gasteiger partial charge in [-0.25, -0.2) is 0 Å². The molecule has 1 aromatic rings. The summed E-state index contributed by atoms with van der Waals surface area (Å²) in [5.74, 6) is -0.257. The number of benzene rings is 1. The zero-order valence-corrected chi connectivity index (χ0v) is 13.8. The lowest BCUT2D eigenvalue weighted by Gasteiger charge is -2.22. The Hall–Kier alpha value is -1.88. The van der Waals surface area contributed by atoms with Crippen LogP contribution in [0.5, 0.6) is 0 Å². The molecule has 1 rings (SSSR count). The number of amides is 1. The first-order valence-electron chi connectivity index (χ1n) is 6.95. The predicted molar refractivity (Wildman–Crippen MR) is 91.6 cm³/mol. The van der Waals surface area contributed by atoms with Crippen molar-refractivity contribution in [2.45, 2.75) is 39.7 Å². The van der Waals surface area contributed by atoms with Crippen LogP contribution >= 0.6 is 12.2 Å². The van der Waals surface area contributed by atoms with Crippen molar-refractivity contribution in [1.82, 2.24) is 16.2 Å². The number of hydrogen-bond acceptors (Lipinski definition) is 2. The second kappa shape index (κ2) is 7.78. The molecule has 21 heavy (non-hydrogen) atoms. The summed E-state index contributed by atoms with van der Waals surface area (Å²) in [4.78, 5) is 11.7. The molecule has 0 saturated heterocycles. The second-order valence-corrected chi connectivity index (χ2v) is 6.16. The molecule has 114 valence electrons. The fourth-order valence-corrected chi connectivity index (χ4v) is 1.93. The lowest BCUT2D eigenvalue weighted by Crippen LogP contribution is -2.51. The van der Waals surface area contributed by atoms with Crippen molar-refractivity contribution in [3.8, 4) is 0 Å². The van der Waals surface area contributed by atoms with E-state index in [1.165, 1.54) is 11.6 Å². The summed E-state index contributed by atoms with van der Waals surface area (Å²) >= 11 is 5.06. The molecule has 0 aliphatic rings. The third-order valence-electron chi connectivity index (χ3n) is 2.60. The van der Waals surface area contributed by atoms with Crippen LogP contribution in [0.1, 0.15) is 38.8 Å². The molecule has 1 amide bonds. The largest absolute Gasteiger partial charge is 0.357 e. The van der Waals surface area contributed by atoms with Crippen LogP contribution in [0.4, 0.5) is 0 Å². The first-order valence-corrected chi connectivity index (χ1v) is 7.36. The summed E-state index contributed by atoms with van der Waals surface area (Å²) in [6, 6.07) is 8.08. The molecule has 0 aromatic heterocycles. The van der Waals surface area contributed by atoms with Gasteiger partial charge in [0.2, 0.25) is 0 Å². The van der Waals surface area contributed by atoms with Gasteiger partial charge in [-0.2, -0.15) is 0 Å². The molecule has 1 aromatic carbocycles. The van der Waals surface area contributed by atoms with Gasteiger partial charge in [0, 0.05) is 11.6 Å². The van der Waals surface area contributed by atoms with Gasteiger partial charge < -0.3 is 5.32 Å². The molecule has 0 heterocycles. The molecule has 3 N–H and O–H groups in total. The van der Waals surface area contributed by atoms with Crippen LogP contribution in [0.2, 0.25) is 0 Å². The third-order valence-corrected chi connectivity index (χ3v) is 2.81. The summed E-state index contributed by atoms with van der Waals surface area (Å²) < 4.78 is 0. The van der Waals surface area contributed by atoms with Crippen molar-refractivity contribution in [2.24, 2.45) is 0 Å². The summed E-state index contributed by atoms with van der Waals surface area (Å²) in [7, 11) is 0. The van der Waals surface area contributed by atoms with Crippen molar-refractivity contribution in [1.29, 1.82) is 0 Å². The van der Waals surface area contributed by atoms with Crippen molar-refractivity contribution in [3.05, 3.63) is 41.5 Å². The number of hydrogen-bond donors (Lipinski definition) is 3. The van der Waals surface area contributed by atoms with Crippen LogP contribution < -0.4 is 16.2 Å². The van der Waals surface area contributed by atoms with Crippen LogP contribution in [0.3, 0.4) is 0 Å². The number of carbonyl (C=O) groups is 1. The molecule has 5 heteroatoms. The second-order valence-electron chi connectivity index (χ2n) is 5.75. The number of carbonyl (C=O) groups excluding carboxylic acids is 1. The summed E-state index contributed by atoms with van der Waals surface area (Å²) in [5.41, 5.74) is 7.29. The zero-order valence-electron chi connectivity index (χ0n) is 13.0. The highest BCUT2D eigenvalue weighted by molar-refractivity contribution is 7.80. The van der Waals surface area contributed by atoms with Crippen molar-refractivity contribution in [3.63, 3.8) is 0 Å². The minimum Gasteiger partial charge on any atom is -0.357 e. The molecule has 0 spiro atoms. The van der Waals surface area contributed by atoms with Gasteiger partial charge in [0.15, 0.2) is 5.11 Å². The van der Waals surface area contributed by atoms with E-state index in [1.807, 2.05) is 32.9 Å². The number of rotatable bonds is 3. The Morgan fingerprint density at radius 1 is 1.19 bits per heavy atom. The fraction of sp³-hybridized carbons (Fsp3) is 0.375. The summed E-state index contributed by atoms with van der Waals surface area (Å²) in [5, 5.41) is 3.43. The lowest BCUT2D eigenvalue weighted by atomic mass is 10.1. The maximum absolute atomic E-state index is 11.7. The Morgan fingerprint density at radius 2 is 1.81 bits per heavy atom. The van der Waals surface area contributed by atoms with Crippen LogP contribution in [0.15, 0.2) is 30.3 Å². The maximum atomic E-state index is 11.7. The topological polar surface area (TPSA) is 53.2 Å². The maximum Gasteiger partial charge on any atom is 0.262 e. The van der Waals surface area contributed by atoms with Crippen molar-refractivity contribution in [2.75, 3.05) is 0 Å². The van der Waals surface area contributed by atoms with Gasteiger partial charge in [0.25, 0.3) is 5.91 Å². The van der Waals surface area contributed by atoms with Gasteiger partial charge >= 0.3 is 0 Å². The molecule has 0 saturated carbocycles. The molecule has 0 unspecified atom stereocenters. The van der Waals surface area contributed by atoms with Crippen LogP contribution in [-0.2, 0) is 11.2 Å². The first-order chi connectivity index (χ1) is 9.80. The number of aryl methyl sites for hydroxylation is 1. The summed E-state index contributed by atoms with van der Waals surface area (Å²) in [6.07, 6.45) is 4.23. The Labute approximate surface area is 132 Å². The highest BCUT2D eigenvalue weighted by Gasteiger charge is 2.10. The van der Waals surface area contributed by atoms with Gasteiger partial charge in [0.1, 0.15) is 0 Å². The highest BCUT2D eigenvalue weighted by Crippen LogP contribution is 2.06. The Balaban J connectivity index is 2.42. The first kappa shape index (κ1) is 17.2. The molecular formula is C16H23N3OS. The van der Waals surface area contributed by atoms with E-state index in [9.17, 15) is 4.79 Å². The quantitative estimate of drug-likeness (QED) is 0.456. The average molecular weight is 305 g/mol. The van der Waals surface area contributed by atoms with Gasteiger partial charge in [-0.1, -0.05) is 31.2 Å². The van der Waals surface area contributed by atoms with E-state index in [4.69, 9.17) is 12.2 Å². The minimum absolute atomic E-state index is 0.147. The Kier molecular flexibility index (Phi) is 6.37. The van der Waals surface area contributed by atoms with E-state index in [1.54, 1.807) is 6.08 Å². The van der Waals surface area contributed by atoms with Crippen molar-refractivity contribution >= 4 is 29.3 Å². The molecule has 0 atom stereocenters. The van der Waals surface area contributed by atoms with Gasteiger partial charge in [0.05, 0.1) is 0 Å². The third kappa shape index (κ3) is 7.46. The van der Waals surface area contributed by atoms with Crippen LogP contribution in [-0.4, -0.2) is 16.6 Å². The number of hydrazine groups is 1. The molecule has 0 radical (unpaired) electrons. The Bertz CT molecular complexity index is 515. The Morgan fingerprint density at radius 3 is 2.33 bits per heavy atom. The SMILES string of the molecule is CCc1ccc(/C=C/C(=O)NNC(=S)NC(C)(C)C)cc1. The van der Waals surface area contributed by atoms with E-state index >= 15 is 0 Å². The zero-order chi connectivity index (χ0) is 15.9. The lowest BCUT2D eigenvalue weighted by molar-refractivity contribution is -0.117. The minimum atomic E-state index is -0.257. The van der Waals surface area contributed by atoms with E-state index in [0.717, 1.165) is 12.0 Å². The number of thiocarbonyl (C=S) groups is 1. The van der Waals surface area contributed by atoms with Gasteiger partial charge in [-0.15, -0.1) is 0 Å². The van der Waals surface area contributed by atoms with Crippen LogP contribution in [0, 0.1) is 0 Å². The molecule has 0 bridgehead atoms. The van der Waals surface area contributed by atoms with Crippen molar-refractivity contribution < 1.29 is 4.79 Å². The monoisotopic (exact) mass is 305 g/mol. The molecular weight excluding hydrogens is 282 g/mol. The molecule has 0 fully saturated rings. The van der Waals surface area contributed by atoms with E-state index in [-0.39, 0.29) is 11.4 Å². The summed E-state index contributed by atoms with van der Waals surface area (Å²) in [6.45, 7) is 8.08. The fourth-order valence-electron chi connectivity index (χ4n) is 1.57. The van der Waals surface area contributed by atoms with Crippen LogP contribution in [0.25, 0.3) is 6.08 Å². The molecule has 0 aliphatic carbocycles. The average Bonchev–Trinajstić information content (AvgIpc) is 2.41. The van der Waals surface area contributed by atoms with Gasteiger partial charge in [-0.3, -0.25) is 15.6 Å². The van der Waals surface area contributed by atoms with Gasteiger partial charge in [-0.05, 0) is 56.6 Å². The highest BCUT2D eigenvalue weighted by atomic mass is 32.1. The van der Waals surface area contributed by atoms with E-state index < -0.39 is 0 Å². The smallest absolute Gasteiger partial charge is 0.262 e. The van der Waals surface area contributed by atoms with E-state index in [2.05, 4.69) is 35.2 Å². The van der Waals surface area contributed by atoms with E-state index in [0.29, 0.717) is 5.11 Å².